The number of benzene rings is 1. The first-order valence-corrected chi connectivity index (χ1v) is 6.98. The van der Waals surface area contributed by atoms with Crippen LogP contribution in [-0.4, -0.2) is 11.7 Å². The first-order chi connectivity index (χ1) is 9.08. The van der Waals surface area contributed by atoms with E-state index in [1.54, 1.807) is 0 Å². The van der Waals surface area contributed by atoms with E-state index in [0.29, 0.717) is 0 Å². The van der Waals surface area contributed by atoms with Gasteiger partial charge in [0, 0.05) is 5.69 Å². The third kappa shape index (κ3) is 4.86. The van der Waals surface area contributed by atoms with Crippen LogP contribution in [0.4, 0.5) is 5.69 Å². The topological polar surface area (TPSA) is 46.2 Å². The van der Waals surface area contributed by atoms with Crippen LogP contribution in [0.2, 0.25) is 0 Å². The van der Waals surface area contributed by atoms with Crippen molar-refractivity contribution in [2.45, 2.75) is 52.9 Å². The zero-order chi connectivity index (χ0) is 14.3. The Morgan fingerprint density at radius 3 is 2.00 bits per heavy atom. The fourth-order valence-electron chi connectivity index (χ4n) is 2.18. The van der Waals surface area contributed by atoms with Crippen LogP contribution in [0.1, 0.15) is 51.2 Å². The number of anilines is 1. The van der Waals surface area contributed by atoms with Crippen LogP contribution in [0.15, 0.2) is 18.2 Å². The Kier molecular flexibility index (Phi) is 6.26. The van der Waals surface area contributed by atoms with E-state index >= 15 is 0 Å². The third-order valence-electron chi connectivity index (χ3n) is 2.95. The van der Waals surface area contributed by atoms with E-state index in [2.05, 4.69) is 19.2 Å². The average Bonchev–Trinajstić information content (AvgIpc) is 2.32. The van der Waals surface area contributed by atoms with Crippen molar-refractivity contribution in [2.75, 3.05) is 5.32 Å². The Balaban J connectivity index is 2.99. The number of ketones is 1. The second-order valence-electron chi connectivity index (χ2n) is 4.88. The number of hydrogen-bond acceptors (Lipinski definition) is 2. The molecule has 3 nitrogen and oxygen atoms in total. The smallest absolute Gasteiger partial charge is 0.231 e. The van der Waals surface area contributed by atoms with Crippen molar-refractivity contribution < 1.29 is 9.59 Å². The lowest BCUT2D eigenvalue weighted by Crippen LogP contribution is -2.17. The first kappa shape index (κ1) is 15.4. The quantitative estimate of drug-likeness (QED) is 0.763. The Morgan fingerprint density at radius 2 is 1.58 bits per heavy atom. The molecule has 0 fully saturated rings. The SMILES string of the molecule is CCCc1cccc(CCC)c1NC(=O)CC(C)=O. The van der Waals surface area contributed by atoms with Gasteiger partial charge in [0.1, 0.15) is 5.78 Å². The molecule has 0 aliphatic heterocycles. The molecule has 0 radical (unpaired) electrons. The lowest BCUT2D eigenvalue weighted by molar-refractivity contribution is -0.124. The van der Waals surface area contributed by atoms with Gasteiger partial charge in [-0.05, 0) is 30.9 Å². The molecule has 0 aliphatic carbocycles. The maximum Gasteiger partial charge on any atom is 0.231 e. The Labute approximate surface area is 115 Å². The van der Waals surface area contributed by atoms with Crippen LogP contribution in [0.5, 0.6) is 0 Å². The molecule has 0 saturated carbocycles. The minimum Gasteiger partial charge on any atom is -0.325 e. The number of hydrogen-bond donors (Lipinski definition) is 1. The van der Waals surface area contributed by atoms with Crippen molar-refractivity contribution in [3.8, 4) is 0 Å². The van der Waals surface area contributed by atoms with Crippen LogP contribution in [0.25, 0.3) is 0 Å². The highest BCUT2D eigenvalue weighted by Crippen LogP contribution is 2.24. The number of aryl methyl sites for hydroxylation is 2. The van der Waals surface area contributed by atoms with Gasteiger partial charge in [0.2, 0.25) is 5.91 Å². The molecule has 0 atom stereocenters. The maximum atomic E-state index is 11.8. The molecule has 3 heteroatoms. The van der Waals surface area contributed by atoms with Gasteiger partial charge in [-0.15, -0.1) is 0 Å². The van der Waals surface area contributed by atoms with Gasteiger partial charge in [-0.25, -0.2) is 0 Å². The van der Waals surface area contributed by atoms with E-state index in [0.717, 1.165) is 42.5 Å². The molecule has 1 rings (SSSR count). The molecule has 0 aromatic heterocycles. The minimum absolute atomic E-state index is 0.0496. The summed E-state index contributed by atoms with van der Waals surface area (Å²) in [6, 6.07) is 6.13. The second kappa shape index (κ2) is 7.72. The summed E-state index contributed by atoms with van der Waals surface area (Å²) >= 11 is 0. The first-order valence-electron chi connectivity index (χ1n) is 6.98. The van der Waals surface area contributed by atoms with Crippen LogP contribution in [0, 0.1) is 0 Å². The summed E-state index contributed by atoms with van der Waals surface area (Å²) in [5, 5.41) is 2.92. The minimum atomic E-state index is -0.214. The Bertz CT molecular complexity index is 428. The van der Waals surface area contributed by atoms with E-state index in [1.165, 1.54) is 6.92 Å². The summed E-state index contributed by atoms with van der Waals surface area (Å²) in [6.45, 7) is 5.67. The highest BCUT2D eigenvalue weighted by molar-refractivity contribution is 6.04. The van der Waals surface area contributed by atoms with Crippen molar-refractivity contribution in [1.82, 2.24) is 0 Å². The molecular weight excluding hydrogens is 238 g/mol. The van der Waals surface area contributed by atoms with Crippen LogP contribution in [-0.2, 0) is 22.4 Å². The summed E-state index contributed by atoms with van der Waals surface area (Å²) < 4.78 is 0. The number of Topliss-reactive ketones (excluding diaryl/α,β-unsaturated/α-hetero) is 1. The molecule has 19 heavy (non-hydrogen) atoms. The van der Waals surface area contributed by atoms with Crippen molar-refractivity contribution >= 4 is 17.4 Å². The van der Waals surface area contributed by atoms with Crippen molar-refractivity contribution in [3.63, 3.8) is 0 Å². The lowest BCUT2D eigenvalue weighted by Gasteiger charge is -2.15. The summed E-state index contributed by atoms with van der Waals surface area (Å²) in [7, 11) is 0. The van der Waals surface area contributed by atoms with Gasteiger partial charge in [0.15, 0.2) is 0 Å². The second-order valence-corrected chi connectivity index (χ2v) is 4.88. The van der Waals surface area contributed by atoms with Gasteiger partial charge in [0.05, 0.1) is 6.42 Å². The van der Waals surface area contributed by atoms with E-state index < -0.39 is 0 Å². The number of nitrogens with one attached hydrogen (secondary N) is 1. The Morgan fingerprint density at radius 1 is 1.05 bits per heavy atom. The van der Waals surface area contributed by atoms with Gasteiger partial charge < -0.3 is 5.32 Å². The third-order valence-corrected chi connectivity index (χ3v) is 2.95. The number of para-hydroxylation sites is 1. The summed E-state index contributed by atoms with van der Waals surface area (Å²) in [6.07, 6.45) is 3.89. The summed E-state index contributed by atoms with van der Waals surface area (Å²) in [5.74, 6) is -0.323. The van der Waals surface area contributed by atoms with Crippen molar-refractivity contribution in [1.29, 1.82) is 0 Å². The van der Waals surface area contributed by atoms with Crippen LogP contribution in [0.3, 0.4) is 0 Å². The van der Waals surface area contributed by atoms with Gasteiger partial charge in [-0.2, -0.15) is 0 Å². The summed E-state index contributed by atoms with van der Waals surface area (Å²) in [5.41, 5.74) is 3.23. The molecule has 0 unspecified atom stereocenters. The highest BCUT2D eigenvalue weighted by Gasteiger charge is 2.12. The highest BCUT2D eigenvalue weighted by atomic mass is 16.2. The van der Waals surface area contributed by atoms with Crippen molar-refractivity contribution in [2.24, 2.45) is 0 Å². The normalized spacial score (nSPS) is 10.3. The number of rotatable bonds is 7. The number of carbonyl (C=O) groups is 2. The van der Waals surface area contributed by atoms with Gasteiger partial charge in [-0.3, -0.25) is 9.59 Å². The zero-order valence-corrected chi connectivity index (χ0v) is 12.1. The molecule has 1 aromatic carbocycles. The van der Waals surface area contributed by atoms with E-state index in [4.69, 9.17) is 0 Å². The van der Waals surface area contributed by atoms with E-state index in [9.17, 15) is 9.59 Å². The average molecular weight is 261 g/mol. The molecule has 0 heterocycles. The number of amides is 1. The largest absolute Gasteiger partial charge is 0.325 e. The van der Waals surface area contributed by atoms with E-state index in [-0.39, 0.29) is 18.1 Å². The Hall–Kier alpha value is -1.64. The molecule has 104 valence electrons. The fourth-order valence-corrected chi connectivity index (χ4v) is 2.18. The van der Waals surface area contributed by atoms with Gasteiger partial charge in [-0.1, -0.05) is 44.9 Å². The summed E-state index contributed by atoms with van der Waals surface area (Å²) in [4.78, 5) is 22.8. The molecule has 1 amide bonds. The van der Waals surface area contributed by atoms with Gasteiger partial charge >= 0.3 is 0 Å². The zero-order valence-electron chi connectivity index (χ0n) is 12.1. The monoisotopic (exact) mass is 261 g/mol. The maximum absolute atomic E-state index is 11.8. The predicted octanol–water partition coefficient (Wildman–Crippen LogP) is 3.51. The molecular formula is C16H23NO2. The molecule has 1 aromatic rings. The number of carbonyl (C=O) groups excluding carboxylic acids is 2. The lowest BCUT2D eigenvalue weighted by atomic mass is 10.00. The predicted molar refractivity (Wildman–Crippen MR) is 78.4 cm³/mol. The molecule has 1 N–H and O–H groups in total. The fraction of sp³-hybridized carbons (Fsp3) is 0.500. The standard InChI is InChI=1S/C16H23NO2/c1-4-7-13-9-6-10-14(8-5-2)16(13)17-15(19)11-12(3)18/h6,9-10H,4-5,7-8,11H2,1-3H3,(H,17,19). The van der Waals surface area contributed by atoms with Crippen LogP contribution < -0.4 is 5.32 Å². The van der Waals surface area contributed by atoms with Crippen LogP contribution >= 0.6 is 0 Å². The van der Waals surface area contributed by atoms with Crippen molar-refractivity contribution in [3.05, 3.63) is 29.3 Å². The molecule has 0 spiro atoms. The molecule has 0 saturated heterocycles. The van der Waals surface area contributed by atoms with Gasteiger partial charge in [0.25, 0.3) is 0 Å². The molecule has 0 aliphatic rings. The van der Waals surface area contributed by atoms with E-state index in [1.807, 2.05) is 18.2 Å². The molecule has 0 bridgehead atoms.